The molecule has 130 valence electrons. The van der Waals surface area contributed by atoms with Crippen molar-refractivity contribution >= 4 is 5.97 Å². The van der Waals surface area contributed by atoms with Crippen molar-refractivity contribution < 1.29 is 24.5 Å². The second-order valence-corrected chi connectivity index (χ2v) is 5.66. The molecule has 10 nitrogen and oxygen atoms in total. The topological polar surface area (TPSA) is 155 Å². The lowest BCUT2D eigenvalue weighted by molar-refractivity contribution is -0.157. The Morgan fingerprint density at radius 1 is 1.54 bits per heavy atom. The van der Waals surface area contributed by atoms with Gasteiger partial charge in [0.05, 0.1) is 5.92 Å². The highest BCUT2D eigenvalue weighted by Gasteiger charge is 2.57. The number of aromatic nitrogens is 2. The number of aliphatic hydroxyl groups is 2. The van der Waals surface area contributed by atoms with Crippen LogP contribution in [0.5, 0.6) is 0 Å². The Labute approximate surface area is 135 Å². The van der Waals surface area contributed by atoms with E-state index in [1.807, 2.05) is 4.98 Å². The van der Waals surface area contributed by atoms with Gasteiger partial charge in [0.1, 0.15) is 31.0 Å². The standard InChI is InChI=1S/C14H17N3O7/c1-7(2)12(21)23-5-8-10(19)11(20)14(6-15,24-8)17-4-3-9(18)16-13(17)22/h3-4,7-8,10-11,19-20H,5H2,1-2H3,(H,16,18,22)/t8-,10?,11+,14-/m1/s1. The second-order valence-electron chi connectivity index (χ2n) is 5.66. The maximum atomic E-state index is 11.9. The average molecular weight is 339 g/mol. The summed E-state index contributed by atoms with van der Waals surface area (Å²) in [6.07, 6.45) is -3.62. The lowest BCUT2D eigenvalue weighted by atomic mass is 10.0. The van der Waals surface area contributed by atoms with E-state index in [2.05, 4.69) is 0 Å². The van der Waals surface area contributed by atoms with Crippen LogP contribution in [0.1, 0.15) is 13.8 Å². The van der Waals surface area contributed by atoms with Crippen LogP contribution in [0.4, 0.5) is 0 Å². The Kier molecular flexibility index (Phi) is 4.88. The number of hydrogen-bond acceptors (Lipinski definition) is 8. The zero-order chi connectivity index (χ0) is 18.1. The number of ether oxygens (including phenoxy) is 2. The first kappa shape index (κ1) is 17.9. The molecule has 0 spiro atoms. The third-order valence-electron chi connectivity index (χ3n) is 3.64. The SMILES string of the molecule is CC(C)C(=O)OC[C@H]1O[C@@](C#N)(n2ccc(=O)[nH]c2=O)[C@@H](O)C1O. The van der Waals surface area contributed by atoms with Crippen LogP contribution < -0.4 is 11.2 Å². The Balaban J connectivity index is 2.32. The number of carbonyl (C=O) groups is 1. The molecule has 1 aliphatic heterocycles. The minimum Gasteiger partial charge on any atom is -0.463 e. The normalized spacial score (nSPS) is 29.4. The summed E-state index contributed by atoms with van der Waals surface area (Å²) < 4.78 is 11.0. The van der Waals surface area contributed by atoms with Gasteiger partial charge in [-0.1, -0.05) is 13.8 Å². The summed E-state index contributed by atoms with van der Waals surface area (Å²) in [7, 11) is 0. The lowest BCUT2D eigenvalue weighted by Crippen LogP contribution is -2.50. The van der Waals surface area contributed by atoms with Gasteiger partial charge < -0.3 is 19.7 Å². The summed E-state index contributed by atoms with van der Waals surface area (Å²) in [5.74, 6) is -0.952. The lowest BCUT2D eigenvalue weighted by Gasteiger charge is -2.26. The second kappa shape index (κ2) is 6.56. The minimum absolute atomic E-state index is 0.406. The molecule has 0 saturated carbocycles. The predicted octanol–water partition coefficient (Wildman–Crippen LogP) is -1.97. The van der Waals surface area contributed by atoms with E-state index in [9.17, 15) is 29.9 Å². The van der Waals surface area contributed by atoms with Gasteiger partial charge in [-0.15, -0.1) is 0 Å². The fraction of sp³-hybridized carbons (Fsp3) is 0.571. The maximum absolute atomic E-state index is 11.9. The Hall–Kier alpha value is -2.48. The van der Waals surface area contributed by atoms with Gasteiger partial charge in [0, 0.05) is 12.3 Å². The van der Waals surface area contributed by atoms with Crippen LogP contribution in [-0.4, -0.2) is 50.7 Å². The van der Waals surface area contributed by atoms with E-state index in [0.717, 1.165) is 12.3 Å². The molecule has 4 atom stereocenters. The molecule has 0 radical (unpaired) electrons. The van der Waals surface area contributed by atoms with E-state index in [4.69, 9.17) is 9.47 Å². The highest BCUT2D eigenvalue weighted by atomic mass is 16.6. The van der Waals surface area contributed by atoms with Crippen molar-refractivity contribution in [2.75, 3.05) is 6.61 Å². The van der Waals surface area contributed by atoms with Crippen molar-refractivity contribution in [2.45, 2.75) is 37.9 Å². The van der Waals surface area contributed by atoms with Gasteiger partial charge in [0.15, 0.2) is 0 Å². The van der Waals surface area contributed by atoms with E-state index < -0.39 is 53.8 Å². The van der Waals surface area contributed by atoms with Crippen molar-refractivity contribution in [3.8, 4) is 6.07 Å². The van der Waals surface area contributed by atoms with Gasteiger partial charge in [-0.25, -0.2) is 4.79 Å². The summed E-state index contributed by atoms with van der Waals surface area (Å²) >= 11 is 0. The van der Waals surface area contributed by atoms with E-state index in [-0.39, 0.29) is 0 Å². The third kappa shape index (κ3) is 2.96. The molecule has 0 amide bonds. The van der Waals surface area contributed by atoms with Gasteiger partial charge in [0.25, 0.3) is 11.3 Å². The van der Waals surface area contributed by atoms with Gasteiger partial charge in [0.2, 0.25) is 0 Å². The first-order valence-corrected chi connectivity index (χ1v) is 7.17. The van der Waals surface area contributed by atoms with Gasteiger partial charge in [-0.2, -0.15) is 5.26 Å². The Morgan fingerprint density at radius 3 is 2.75 bits per heavy atom. The van der Waals surface area contributed by atoms with Crippen LogP contribution in [0.15, 0.2) is 21.9 Å². The maximum Gasteiger partial charge on any atom is 0.331 e. The van der Waals surface area contributed by atoms with Gasteiger partial charge in [-0.05, 0) is 0 Å². The molecule has 1 aliphatic rings. The molecule has 1 aromatic heterocycles. The molecular weight excluding hydrogens is 322 g/mol. The van der Waals surface area contributed by atoms with Crippen molar-refractivity contribution in [1.29, 1.82) is 5.26 Å². The highest BCUT2D eigenvalue weighted by molar-refractivity contribution is 5.71. The smallest absolute Gasteiger partial charge is 0.331 e. The van der Waals surface area contributed by atoms with Gasteiger partial charge in [-0.3, -0.25) is 19.1 Å². The third-order valence-corrected chi connectivity index (χ3v) is 3.64. The molecular formula is C14H17N3O7. The molecule has 1 unspecified atom stereocenters. The fourth-order valence-electron chi connectivity index (χ4n) is 2.29. The van der Waals surface area contributed by atoms with Crippen molar-refractivity contribution in [1.82, 2.24) is 9.55 Å². The van der Waals surface area contributed by atoms with Crippen molar-refractivity contribution in [3.63, 3.8) is 0 Å². The molecule has 3 N–H and O–H groups in total. The van der Waals surface area contributed by atoms with Crippen LogP contribution in [0.25, 0.3) is 0 Å². The molecule has 2 heterocycles. The first-order valence-electron chi connectivity index (χ1n) is 7.17. The zero-order valence-electron chi connectivity index (χ0n) is 13.0. The number of esters is 1. The molecule has 2 rings (SSSR count). The Bertz CT molecular complexity index is 778. The van der Waals surface area contributed by atoms with E-state index in [0.29, 0.717) is 4.57 Å². The van der Waals surface area contributed by atoms with E-state index >= 15 is 0 Å². The van der Waals surface area contributed by atoms with Crippen LogP contribution in [0, 0.1) is 17.2 Å². The highest BCUT2D eigenvalue weighted by Crippen LogP contribution is 2.34. The molecule has 1 fully saturated rings. The number of aliphatic hydroxyl groups excluding tert-OH is 2. The molecule has 0 bridgehead atoms. The summed E-state index contributed by atoms with van der Waals surface area (Å²) in [6, 6.07) is 2.61. The van der Waals surface area contributed by atoms with E-state index in [1.165, 1.54) is 0 Å². The number of nitrogens with zero attached hydrogens (tertiary/aromatic N) is 2. The number of nitriles is 1. The molecule has 1 aromatic rings. The number of carbonyl (C=O) groups excluding carboxylic acids is 1. The largest absolute Gasteiger partial charge is 0.463 e. The molecule has 0 aliphatic carbocycles. The van der Waals surface area contributed by atoms with Crippen LogP contribution in [0.3, 0.4) is 0 Å². The number of aromatic amines is 1. The van der Waals surface area contributed by atoms with Crippen LogP contribution in [-0.2, 0) is 20.0 Å². The summed E-state index contributed by atoms with van der Waals surface area (Å²) in [5, 5.41) is 29.7. The quantitative estimate of drug-likeness (QED) is 0.534. The molecule has 10 heteroatoms. The summed E-state index contributed by atoms with van der Waals surface area (Å²) in [5.41, 5.74) is -3.94. The molecule has 24 heavy (non-hydrogen) atoms. The van der Waals surface area contributed by atoms with Gasteiger partial charge >= 0.3 is 11.7 Å². The predicted molar refractivity (Wildman–Crippen MR) is 77.6 cm³/mol. The average Bonchev–Trinajstić information content (AvgIpc) is 2.77. The monoisotopic (exact) mass is 339 g/mol. The zero-order valence-corrected chi connectivity index (χ0v) is 13.0. The molecule has 1 saturated heterocycles. The number of H-pyrrole nitrogens is 1. The number of rotatable bonds is 4. The van der Waals surface area contributed by atoms with Crippen LogP contribution >= 0.6 is 0 Å². The van der Waals surface area contributed by atoms with Crippen LogP contribution in [0.2, 0.25) is 0 Å². The molecule has 0 aromatic carbocycles. The fourth-order valence-corrected chi connectivity index (χ4v) is 2.29. The van der Waals surface area contributed by atoms with Crippen molar-refractivity contribution in [2.24, 2.45) is 5.92 Å². The number of nitrogens with one attached hydrogen (secondary N) is 1. The summed E-state index contributed by atoms with van der Waals surface area (Å²) in [4.78, 5) is 36.5. The minimum atomic E-state index is -2.25. The number of hydrogen-bond donors (Lipinski definition) is 3. The summed E-state index contributed by atoms with van der Waals surface area (Å²) in [6.45, 7) is 2.82. The van der Waals surface area contributed by atoms with Crippen molar-refractivity contribution in [3.05, 3.63) is 33.1 Å². The van der Waals surface area contributed by atoms with E-state index in [1.54, 1.807) is 19.9 Å². The first-order chi connectivity index (χ1) is 11.2. The Morgan fingerprint density at radius 2 is 2.21 bits per heavy atom.